The fourth-order valence-corrected chi connectivity index (χ4v) is 2.51. The van der Waals surface area contributed by atoms with Crippen molar-refractivity contribution in [1.29, 1.82) is 0 Å². The lowest BCUT2D eigenvalue weighted by Gasteiger charge is -2.04. The molecule has 0 atom stereocenters. The molecule has 0 amide bonds. The Labute approximate surface area is 146 Å². The maximum Gasteiger partial charge on any atom is 0.175 e. The molecule has 24 heavy (non-hydrogen) atoms. The van der Waals surface area contributed by atoms with E-state index in [1.165, 1.54) is 18.4 Å². The molecule has 0 aliphatic heterocycles. The van der Waals surface area contributed by atoms with E-state index in [2.05, 4.69) is 0 Å². The van der Waals surface area contributed by atoms with Crippen LogP contribution < -0.4 is 0 Å². The fraction of sp³-hybridized carbons (Fsp3) is 0.350. The number of hydrogen-bond donors (Lipinski definition) is 0. The van der Waals surface area contributed by atoms with Crippen molar-refractivity contribution in [2.24, 2.45) is 0 Å². The predicted octanol–water partition coefficient (Wildman–Crippen LogP) is 4.88. The van der Waals surface area contributed by atoms with Crippen LogP contribution in [-0.4, -0.2) is 20.5 Å². The van der Waals surface area contributed by atoms with Crippen LogP contribution in [0.15, 0.2) is 53.4 Å². The number of carbonyl (C=O) groups excluding carboxylic acids is 1. The zero-order valence-corrected chi connectivity index (χ0v) is 16.3. The molecule has 2 aromatic carbocycles. The molecular formula is C20H28O3S. The smallest absolute Gasteiger partial charge is 0.175 e. The number of sulfone groups is 1. The second kappa shape index (κ2) is 10.8. The quantitative estimate of drug-likeness (QED) is 0.740. The highest BCUT2D eigenvalue weighted by Crippen LogP contribution is 2.13. The maximum absolute atomic E-state index is 12.1. The highest BCUT2D eigenvalue weighted by Gasteiger charge is 2.09. The Balaban J connectivity index is 0.00000123. The van der Waals surface area contributed by atoms with Crippen molar-refractivity contribution in [3.8, 4) is 0 Å². The molecule has 0 saturated carbocycles. The third-order valence-corrected chi connectivity index (χ3v) is 4.22. The summed E-state index contributed by atoms with van der Waals surface area (Å²) in [6.45, 7) is 9.97. The van der Waals surface area contributed by atoms with Crippen LogP contribution in [-0.2, 0) is 16.3 Å². The normalized spacial score (nSPS) is 9.92. The molecule has 0 saturated heterocycles. The molecule has 2 aromatic rings. The van der Waals surface area contributed by atoms with E-state index in [1.807, 2.05) is 58.9 Å². The second-order valence-corrected chi connectivity index (χ2v) is 6.90. The Morgan fingerprint density at radius 2 is 1.29 bits per heavy atom. The van der Waals surface area contributed by atoms with Crippen molar-refractivity contribution in [1.82, 2.24) is 0 Å². The van der Waals surface area contributed by atoms with E-state index in [4.69, 9.17) is 0 Å². The first kappa shape index (κ1) is 22.1. The van der Waals surface area contributed by atoms with Gasteiger partial charge in [0, 0.05) is 18.2 Å². The van der Waals surface area contributed by atoms with Gasteiger partial charge in [-0.3, -0.25) is 4.79 Å². The number of rotatable bonds is 4. The summed E-state index contributed by atoms with van der Waals surface area (Å²) in [5.74, 6) is 0.0251. The maximum atomic E-state index is 12.1. The molecule has 0 N–H and O–H groups in total. The van der Waals surface area contributed by atoms with E-state index in [0.29, 0.717) is 5.56 Å². The van der Waals surface area contributed by atoms with Gasteiger partial charge in [-0.25, -0.2) is 8.42 Å². The average molecular weight is 349 g/mol. The number of aryl methyl sites for hydroxylation is 1. The van der Waals surface area contributed by atoms with Gasteiger partial charge in [0.25, 0.3) is 0 Å². The summed E-state index contributed by atoms with van der Waals surface area (Å²) in [7, 11) is -3.19. The van der Waals surface area contributed by atoms with E-state index in [1.54, 1.807) is 12.1 Å². The number of ketones is 1. The first-order valence-corrected chi connectivity index (χ1v) is 10.1. The molecule has 3 nitrogen and oxygen atoms in total. The monoisotopic (exact) mass is 348 g/mol. The van der Waals surface area contributed by atoms with Gasteiger partial charge >= 0.3 is 0 Å². The number of hydrogen-bond acceptors (Lipinski definition) is 3. The molecule has 2 rings (SSSR count). The standard InChI is InChI=1S/C16H16O3S.2C2H6/c1-12-3-7-14(8-4-12)16(17)11-13-5-9-15(10-6-13)20(2,18)19;2*1-2/h3-10H,11H2,1-2H3;2*1-2H3. The molecule has 0 aliphatic rings. The minimum Gasteiger partial charge on any atom is -0.294 e. The van der Waals surface area contributed by atoms with Crippen LogP contribution in [0.5, 0.6) is 0 Å². The molecular weight excluding hydrogens is 320 g/mol. The molecule has 0 fully saturated rings. The van der Waals surface area contributed by atoms with Crippen LogP contribution in [0.25, 0.3) is 0 Å². The Morgan fingerprint density at radius 3 is 1.71 bits per heavy atom. The summed E-state index contributed by atoms with van der Waals surface area (Å²) in [5, 5.41) is 0. The molecule has 132 valence electrons. The number of carbonyl (C=O) groups is 1. The molecule has 4 heteroatoms. The van der Waals surface area contributed by atoms with Gasteiger partial charge in [0.05, 0.1) is 4.90 Å². The summed E-state index contributed by atoms with van der Waals surface area (Å²) in [6.07, 6.45) is 1.44. The largest absolute Gasteiger partial charge is 0.294 e. The van der Waals surface area contributed by atoms with Crippen LogP contribution in [0.3, 0.4) is 0 Å². The van der Waals surface area contributed by atoms with Crippen molar-refractivity contribution < 1.29 is 13.2 Å². The first-order valence-electron chi connectivity index (χ1n) is 8.25. The lowest BCUT2D eigenvalue weighted by molar-refractivity contribution is 0.0993. The molecule has 0 bridgehead atoms. The van der Waals surface area contributed by atoms with Crippen molar-refractivity contribution in [2.45, 2.75) is 45.9 Å². The Hall–Kier alpha value is -1.94. The van der Waals surface area contributed by atoms with Gasteiger partial charge < -0.3 is 0 Å². The van der Waals surface area contributed by atoms with E-state index >= 15 is 0 Å². The van der Waals surface area contributed by atoms with E-state index in [-0.39, 0.29) is 17.1 Å². The molecule has 0 spiro atoms. The van der Waals surface area contributed by atoms with Crippen molar-refractivity contribution in [3.63, 3.8) is 0 Å². The summed E-state index contributed by atoms with van der Waals surface area (Å²) in [4.78, 5) is 12.4. The molecule has 0 aliphatic carbocycles. The second-order valence-electron chi connectivity index (χ2n) is 4.88. The van der Waals surface area contributed by atoms with Gasteiger partial charge in [0.2, 0.25) is 0 Å². The van der Waals surface area contributed by atoms with Gasteiger partial charge in [-0.1, -0.05) is 69.7 Å². The topological polar surface area (TPSA) is 51.2 Å². The highest BCUT2D eigenvalue weighted by atomic mass is 32.2. The van der Waals surface area contributed by atoms with Crippen LogP contribution in [0.2, 0.25) is 0 Å². The van der Waals surface area contributed by atoms with Crippen LogP contribution in [0, 0.1) is 6.92 Å². The fourth-order valence-electron chi connectivity index (χ4n) is 1.88. The van der Waals surface area contributed by atoms with E-state index in [9.17, 15) is 13.2 Å². The van der Waals surface area contributed by atoms with Gasteiger partial charge in [0.15, 0.2) is 15.6 Å². The zero-order chi connectivity index (χ0) is 18.8. The summed E-state index contributed by atoms with van der Waals surface area (Å²) >= 11 is 0. The SMILES string of the molecule is CC.CC.Cc1ccc(C(=O)Cc2ccc(S(C)(=O)=O)cc2)cc1. The third-order valence-electron chi connectivity index (χ3n) is 3.09. The van der Waals surface area contributed by atoms with E-state index in [0.717, 1.165) is 11.1 Å². The minimum atomic E-state index is -3.19. The Kier molecular flexibility index (Phi) is 9.89. The van der Waals surface area contributed by atoms with Gasteiger partial charge in [0.1, 0.15) is 0 Å². The van der Waals surface area contributed by atoms with Crippen LogP contribution >= 0.6 is 0 Å². The molecule has 0 aromatic heterocycles. The minimum absolute atomic E-state index is 0.0251. The van der Waals surface area contributed by atoms with Gasteiger partial charge in [-0.15, -0.1) is 0 Å². The summed E-state index contributed by atoms with van der Waals surface area (Å²) < 4.78 is 22.7. The number of benzene rings is 2. The van der Waals surface area contributed by atoms with Gasteiger partial charge in [-0.05, 0) is 24.6 Å². The van der Waals surface area contributed by atoms with Crippen molar-refractivity contribution in [3.05, 3.63) is 65.2 Å². The first-order chi connectivity index (χ1) is 11.4. The Bertz CT molecular complexity index is 712. The molecule has 0 heterocycles. The lowest BCUT2D eigenvalue weighted by Crippen LogP contribution is -2.04. The van der Waals surface area contributed by atoms with E-state index < -0.39 is 9.84 Å². The zero-order valence-electron chi connectivity index (χ0n) is 15.5. The van der Waals surface area contributed by atoms with Gasteiger partial charge in [-0.2, -0.15) is 0 Å². The number of Topliss-reactive ketones (excluding diaryl/α,β-unsaturated/α-hetero) is 1. The van der Waals surface area contributed by atoms with Crippen molar-refractivity contribution in [2.75, 3.05) is 6.26 Å². The highest BCUT2D eigenvalue weighted by molar-refractivity contribution is 7.90. The van der Waals surface area contributed by atoms with Crippen LogP contribution in [0.1, 0.15) is 49.2 Å². The molecule has 0 radical (unpaired) electrons. The van der Waals surface area contributed by atoms with Crippen LogP contribution in [0.4, 0.5) is 0 Å². The summed E-state index contributed by atoms with van der Waals surface area (Å²) in [6, 6.07) is 13.9. The van der Waals surface area contributed by atoms with Crippen molar-refractivity contribution >= 4 is 15.6 Å². The lowest BCUT2D eigenvalue weighted by atomic mass is 10.0. The predicted molar refractivity (Wildman–Crippen MR) is 101 cm³/mol. The average Bonchev–Trinajstić information content (AvgIpc) is 2.59. The summed E-state index contributed by atoms with van der Waals surface area (Å²) in [5.41, 5.74) is 2.59. The third kappa shape index (κ3) is 7.09. The molecule has 0 unspecified atom stereocenters. The Morgan fingerprint density at radius 1 is 0.833 bits per heavy atom.